The number of hydrazine groups is 1. The molecule has 0 bridgehead atoms. The number of nitrogens with two attached hydrogens (primary N) is 1. The largest absolute Gasteiger partial charge is 0.488 e. The van der Waals surface area contributed by atoms with E-state index in [4.69, 9.17) is 15.1 Å². The van der Waals surface area contributed by atoms with Gasteiger partial charge in [-0.15, -0.1) is 0 Å². The van der Waals surface area contributed by atoms with Gasteiger partial charge in [0.1, 0.15) is 11.4 Å². The third kappa shape index (κ3) is 7.51. The average Bonchev–Trinajstić information content (AvgIpc) is 2.68. The maximum atomic E-state index is 10.5. The molecule has 0 saturated heterocycles. The van der Waals surface area contributed by atoms with Crippen LogP contribution >= 0.6 is 0 Å². The van der Waals surface area contributed by atoms with Crippen LogP contribution in [0.2, 0.25) is 0 Å². The van der Waals surface area contributed by atoms with Crippen molar-refractivity contribution < 1.29 is 17.7 Å². The normalized spacial score (nSPS) is 11.3. The molecule has 0 spiro atoms. The first-order valence-electron chi connectivity index (χ1n) is 9.39. The van der Waals surface area contributed by atoms with Crippen molar-refractivity contribution in [2.75, 3.05) is 5.01 Å². The molecule has 0 atom stereocenters. The molecule has 3 rings (SSSR count). The van der Waals surface area contributed by atoms with Gasteiger partial charge in [0.05, 0.1) is 16.3 Å². The minimum absolute atomic E-state index is 0.0666. The van der Waals surface area contributed by atoms with Gasteiger partial charge in [-0.3, -0.25) is 9.56 Å². The molecule has 0 heterocycles. The molecule has 3 aromatic carbocycles. The third-order valence-electron chi connectivity index (χ3n) is 3.89. The average molecular weight is 429 g/mol. The zero-order valence-corrected chi connectivity index (χ0v) is 18.4. The lowest BCUT2D eigenvalue weighted by molar-refractivity contribution is 0.131. The Kier molecular flexibility index (Phi) is 7.61. The van der Waals surface area contributed by atoms with Crippen LogP contribution in [0.25, 0.3) is 0 Å². The van der Waals surface area contributed by atoms with Crippen LogP contribution < -0.4 is 15.6 Å². The molecular weight excluding hydrogens is 400 g/mol. The van der Waals surface area contributed by atoms with Crippen LogP contribution in [0.3, 0.4) is 0 Å². The fourth-order valence-corrected chi connectivity index (χ4v) is 2.96. The Balaban J connectivity index is 0.000000248. The number of nitrogens with zero attached hydrogens (tertiary/aromatic N) is 1. The van der Waals surface area contributed by atoms with Crippen LogP contribution in [-0.4, -0.2) is 18.6 Å². The molecule has 0 radical (unpaired) electrons. The van der Waals surface area contributed by atoms with E-state index in [1.807, 2.05) is 82.3 Å². The van der Waals surface area contributed by atoms with Crippen LogP contribution in [0.15, 0.2) is 83.8 Å². The van der Waals surface area contributed by atoms with Gasteiger partial charge in [-0.1, -0.05) is 35.9 Å². The van der Waals surface area contributed by atoms with Gasteiger partial charge in [-0.25, -0.2) is 5.84 Å². The number of aryl methyl sites for hydroxylation is 1. The van der Waals surface area contributed by atoms with Gasteiger partial charge in [0.15, 0.2) is 0 Å². The zero-order chi connectivity index (χ0) is 22.4. The molecule has 6 nitrogen and oxygen atoms in total. The lowest BCUT2D eigenvalue weighted by Crippen LogP contribution is -2.25. The van der Waals surface area contributed by atoms with Crippen LogP contribution in [0, 0.1) is 6.92 Å². The highest BCUT2D eigenvalue weighted by Gasteiger charge is 2.12. The summed E-state index contributed by atoms with van der Waals surface area (Å²) >= 11 is 0. The van der Waals surface area contributed by atoms with Crippen LogP contribution in [0.1, 0.15) is 26.3 Å². The minimum Gasteiger partial charge on any atom is -0.488 e. The number of anilines is 2. The van der Waals surface area contributed by atoms with Gasteiger partial charge in [0.25, 0.3) is 10.1 Å². The van der Waals surface area contributed by atoms with Gasteiger partial charge in [-0.05, 0) is 76.2 Å². The fourth-order valence-electron chi connectivity index (χ4n) is 2.48. The predicted octanol–water partition coefficient (Wildman–Crippen LogP) is 5.12. The summed E-state index contributed by atoms with van der Waals surface area (Å²) in [5.74, 6) is 6.93. The second-order valence-corrected chi connectivity index (χ2v) is 9.12. The summed E-state index contributed by atoms with van der Waals surface area (Å²) in [7, 11) is -4.02. The Morgan fingerprint density at radius 2 is 1.33 bits per heavy atom. The summed E-state index contributed by atoms with van der Waals surface area (Å²) in [4.78, 5) is -0.0666. The third-order valence-corrected chi connectivity index (χ3v) is 4.76. The number of benzene rings is 3. The molecule has 0 aromatic heterocycles. The van der Waals surface area contributed by atoms with Crippen molar-refractivity contribution in [3.05, 3.63) is 84.4 Å². The van der Waals surface area contributed by atoms with Crippen molar-refractivity contribution in [1.29, 1.82) is 0 Å². The molecule has 0 aliphatic carbocycles. The highest BCUT2D eigenvalue weighted by Crippen LogP contribution is 2.25. The van der Waals surface area contributed by atoms with E-state index in [1.54, 1.807) is 17.1 Å². The number of rotatable bonds is 4. The van der Waals surface area contributed by atoms with E-state index >= 15 is 0 Å². The van der Waals surface area contributed by atoms with Gasteiger partial charge in [-0.2, -0.15) is 8.42 Å². The van der Waals surface area contributed by atoms with Crippen LogP contribution in [0.4, 0.5) is 11.4 Å². The molecular formula is C23H28N2O4S. The quantitative estimate of drug-likeness (QED) is 0.340. The molecule has 0 amide bonds. The topological polar surface area (TPSA) is 92.9 Å². The molecule has 0 unspecified atom stereocenters. The minimum atomic E-state index is -4.02. The second-order valence-electron chi connectivity index (χ2n) is 7.70. The van der Waals surface area contributed by atoms with Crippen LogP contribution in [-0.2, 0) is 10.1 Å². The maximum absolute atomic E-state index is 10.5. The van der Waals surface area contributed by atoms with Crippen molar-refractivity contribution in [2.24, 2.45) is 5.84 Å². The summed E-state index contributed by atoms with van der Waals surface area (Å²) in [6.45, 7) is 7.92. The van der Waals surface area contributed by atoms with Crippen molar-refractivity contribution in [2.45, 2.75) is 38.2 Å². The fraction of sp³-hybridized carbons (Fsp3) is 0.217. The van der Waals surface area contributed by atoms with E-state index in [9.17, 15) is 8.42 Å². The van der Waals surface area contributed by atoms with E-state index in [-0.39, 0.29) is 10.5 Å². The predicted molar refractivity (Wildman–Crippen MR) is 121 cm³/mol. The van der Waals surface area contributed by atoms with Crippen molar-refractivity contribution in [1.82, 2.24) is 0 Å². The first-order valence-corrected chi connectivity index (χ1v) is 10.8. The number of para-hydroxylation sites is 1. The van der Waals surface area contributed by atoms with Crippen LogP contribution in [0.5, 0.6) is 5.75 Å². The summed E-state index contributed by atoms with van der Waals surface area (Å²) < 4.78 is 35.3. The Bertz CT molecular complexity index is 1030. The lowest BCUT2D eigenvalue weighted by atomic mass is 10.2. The highest BCUT2D eigenvalue weighted by molar-refractivity contribution is 7.85. The summed E-state index contributed by atoms with van der Waals surface area (Å²) in [6, 6.07) is 23.6. The molecule has 3 N–H and O–H groups in total. The van der Waals surface area contributed by atoms with Crippen molar-refractivity contribution in [3.8, 4) is 5.75 Å². The standard InChI is InChI=1S/C16H20N2O.C7H8O3S/c1-16(2,3)19-15-11-9-14(10-12-15)18(17)13-7-5-4-6-8-13;1-6-2-4-7(5-3-6)11(8,9)10/h4-12H,17H2,1-3H3;2-5H,1H3,(H,8,9,10). The lowest BCUT2D eigenvalue weighted by Gasteiger charge is -2.22. The van der Waals surface area contributed by atoms with E-state index in [0.717, 1.165) is 22.7 Å². The smallest absolute Gasteiger partial charge is 0.294 e. The first-order chi connectivity index (χ1) is 14.0. The first kappa shape index (κ1) is 23.4. The Labute approximate surface area is 178 Å². The van der Waals surface area contributed by atoms with E-state index in [1.165, 1.54) is 12.1 Å². The molecule has 0 saturated carbocycles. The Morgan fingerprint density at radius 3 is 1.80 bits per heavy atom. The molecule has 0 fully saturated rings. The maximum Gasteiger partial charge on any atom is 0.294 e. The Hall–Kier alpha value is -2.87. The highest BCUT2D eigenvalue weighted by atomic mass is 32.2. The van der Waals surface area contributed by atoms with Gasteiger partial charge in [0.2, 0.25) is 0 Å². The Morgan fingerprint density at radius 1 is 0.833 bits per heavy atom. The molecule has 3 aromatic rings. The van der Waals surface area contributed by atoms with Gasteiger partial charge in [0, 0.05) is 0 Å². The molecule has 160 valence electrons. The van der Waals surface area contributed by atoms with E-state index in [2.05, 4.69) is 0 Å². The summed E-state index contributed by atoms with van der Waals surface area (Å²) in [5.41, 5.74) is 2.64. The SMILES string of the molecule is CC(C)(C)Oc1ccc(N(N)c2ccccc2)cc1.Cc1ccc(S(=O)(=O)O)cc1. The molecule has 0 aliphatic heterocycles. The van der Waals surface area contributed by atoms with Gasteiger partial charge >= 0.3 is 0 Å². The second kappa shape index (κ2) is 9.75. The van der Waals surface area contributed by atoms with Gasteiger partial charge < -0.3 is 4.74 Å². The molecule has 30 heavy (non-hydrogen) atoms. The summed E-state index contributed by atoms with van der Waals surface area (Å²) in [6.07, 6.45) is 0. The number of hydrogen-bond donors (Lipinski definition) is 2. The van der Waals surface area contributed by atoms with E-state index < -0.39 is 10.1 Å². The molecule has 7 heteroatoms. The number of ether oxygens (including phenoxy) is 1. The van der Waals surface area contributed by atoms with Crippen molar-refractivity contribution in [3.63, 3.8) is 0 Å². The van der Waals surface area contributed by atoms with E-state index in [0.29, 0.717) is 0 Å². The number of hydrogen-bond acceptors (Lipinski definition) is 5. The molecule has 0 aliphatic rings. The summed E-state index contributed by atoms with van der Waals surface area (Å²) in [5, 5.41) is 1.65. The zero-order valence-electron chi connectivity index (χ0n) is 17.6. The monoisotopic (exact) mass is 428 g/mol. The van der Waals surface area contributed by atoms with Crippen molar-refractivity contribution >= 4 is 21.5 Å².